The molecule has 7 rings (SSSR count). The normalized spacial score (nSPS) is 47.8. The minimum absolute atomic E-state index is 0.0711. The number of aliphatic hydroxyl groups excluding tert-OH is 3. The van der Waals surface area contributed by atoms with Gasteiger partial charge in [-0.15, -0.1) is 0 Å². The molecule has 13 heteroatoms. The van der Waals surface area contributed by atoms with E-state index in [1.54, 1.807) is 27.4 Å². The number of aliphatic hydroxyl groups is 3. The number of carbonyl (C=O) groups excluding carboxylic acids is 1. The molecule has 3 aliphatic carbocycles. The largest absolute Gasteiger partial charge is 0.469 e. The van der Waals surface area contributed by atoms with Crippen molar-refractivity contribution in [2.75, 3.05) is 14.2 Å². The van der Waals surface area contributed by atoms with Crippen molar-refractivity contribution in [1.29, 1.82) is 0 Å². The molecule has 3 aliphatic heterocycles. The molecule has 0 unspecified atom stereocenters. The van der Waals surface area contributed by atoms with E-state index < -0.39 is 79.9 Å². The van der Waals surface area contributed by atoms with Gasteiger partial charge in [-0.1, -0.05) is 18.6 Å². The van der Waals surface area contributed by atoms with Gasteiger partial charge in [0.1, 0.15) is 29.9 Å². The van der Waals surface area contributed by atoms with Gasteiger partial charge in [0.05, 0.1) is 55.1 Å². The van der Waals surface area contributed by atoms with Crippen molar-refractivity contribution >= 4 is 5.78 Å². The van der Waals surface area contributed by atoms with Crippen molar-refractivity contribution in [2.24, 2.45) is 17.3 Å². The lowest BCUT2D eigenvalue weighted by molar-refractivity contribution is -0.338. The van der Waals surface area contributed by atoms with Crippen LogP contribution in [-0.4, -0.2) is 121 Å². The van der Waals surface area contributed by atoms with E-state index in [4.69, 9.17) is 42.3 Å². The standard InChI is InChI=1S/C40H60O13/c1-19-24(12-13-47-19)25-10-11-27-26(37(25)44)9-8-23-14-30(29(42)18-40(23,27)5)51-33-15-28(41)38(21(3)49-33)52-35-17-32(46-7)39(22(4)50-35)53-34-16-31(45-6)36(43)20(2)48-34/h8,12-13,20-22,25-36,38-39,41-43H,9-11,14-18H2,1-7H3/t20-,21-,22+,25-,26-,27+,28+,29-,30-,31-,32-,33+,34-,35-,36-,38-,39+,40+/m1/s1. The van der Waals surface area contributed by atoms with Gasteiger partial charge >= 0.3 is 0 Å². The van der Waals surface area contributed by atoms with Crippen LogP contribution < -0.4 is 0 Å². The number of aryl methyl sites for hydroxylation is 1. The second-order valence-corrected chi connectivity index (χ2v) is 16.5. The molecular formula is C40H60O13. The summed E-state index contributed by atoms with van der Waals surface area (Å²) >= 11 is 0. The Morgan fingerprint density at radius 1 is 0.792 bits per heavy atom. The average Bonchev–Trinajstić information content (AvgIpc) is 3.54. The van der Waals surface area contributed by atoms with Crippen LogP contribution in [0.2, 0.25) is 0 Å². The molecule has 5 fully saturated rings. The highest BCUT2D eigenvalue weighted by Gasteiger charge is 2.55. The first-order chi connectivity index (χ1) is 25.3. The Morgan fingerprint density at radius 2 is 1.43 bits per heavy atom. The predicted molar refractivity (Wildman–Crippen MR) is 189 cm³/mol. The molecule has 298 valence electrons. The maximum absolute atomic E-state index is 13.8. The number of Topliss-reactive ketones (excluding diaryl/α,β-unsaturated/α-hetero) is 1. The summed E-state index contributed by atoms with van der Waals surface area (Å²) in [6.45, 7) is 9.64. The molecule has 13 nitrogen and oxygen atoms in total. The van der Waals surface area contributed by atoms with Crippen LogP contribution in [0.5, 0.6) is 0 Å². The van der Waals surface area contributed by atoms with E-state index in [2.05, 4.69) is 13.0 Å². The number of fused-ring (bicyclic) bond motifs is 3. The smallest absolute Gasteiger partial charge is 0.161 e. The van der Waals surface area contributed by atoms with Crippen LogP contribution in [0, 0.1) is 24.2 Å². The van der Waals surface area contributed by atoms with E-state index in [0.29, 0.717) is 32.1 Å². The predicted octanol–water partition coefficient (Wildman–Crippen LogP) is 4.07. The zero-order valence-electron chi connectivity index (χ0n) is 32.1. The number of rotatable bonds is 9. The summed E-state index contributed by atoms with van der Waals surface area (Å²) in [4.78, 5) is 13.8. The van der Waals surface area contributed by atoms with E-state index in [0.717, 1.165) is 24.2 Å². The third-order valence-corrected chi connectivity index (χ3v) is 13.4. The van der Waals surface area contributed by atoms with Gasteiger partial charge in [-0.2, -0.15) is 0 Å². The van der Waals surface area contributed by atoms with E-state index in [1.165, 1.54) is 5.57 Å². The first kappa shape index (κ1) is 39.5. The number of hydrogen-bond acceptors (Lipinski definition) is 13. The molecule has 53 heavy (non-hydrogen) atoms. The average molecular weight is 749 g/mol. The zero-order valence-corrected chi connectivity index (χ0v) is 32.1. The number of ether oxygens (including phenoxy) is 8. The van der Waals surface area contributed by atoms with Crippen LogP contribution in [0.15, 0.2) is 28.4 Å². The van der Waals surface area contributed by atoms with Gasteiger partial charge in [-0.05, 0) is 77.2 Å². The number of furan rings is 1. The molecule has 0 radical (unpaired) electrons. The van der Waals surface area contributed by atoms with Gasteiger partial charge in [-0.25, -0.2) is 0 Å². The summed E-state index contributed by atoms with van der Waals surface area (Å²) in [5.41, 5.74) is 1.96. The first-order valence-electron chi connectivity index (χ1n) is 19.6. The minimum atomic E-state index is -0.895. The van der Waals surface area contributed by atoms with E-state index in [9.17, 15) is 20.1 Å². The number of allylic oxidation sites excluding steroid dienone is 1. The van der Waals surface area contributed by atoms with Crippen LogP contribution in [-0.2, 0) is 42.7 Å². The fraction of sp³-hybridized carbons (Fsp3) is 0.825. The lowest BCUT2D eigenvalue weighted by Crippen LogP contribution is -2.57. The Kier molecular flexibility index (Phi) is 11.9. The summed E-state index contributed by atoms with van der Waals surface area (Å²) in [6.07, 6.45) is 0.0827. The van der Waals surface area contributed by atoms with Crippen molar-refractivity contribution in [3.63, 3.8) is 0 Å². The zero-order chi connectivity index (χ0) is 37.8. The molecule has 1 aromatic rings. The molecule has 6 aliphatic rings. The number of methoxy groups -OCH3 is 2. The van der Waals surface area contributed by atoms with E-state index in [1.807, 2.05) is 26.8 Å². The highest BCUT2D eigenvalue weighted by atomic mass is 16.7. The van der Waals surface area contributed by atoms with Crippen molar-refractivity contribution in [3.05, 3.63) is 35.3 Å². The second-order valence-electron chi connectivity index (χ2n) is 16.5. The van der Waals surface area contributed by atoms with E-state index in [-0.39, 0.29) is 41.5 Å². The molecule has 0 amide bonds. The van der Waals surface area contributed by atoms with Crippen molar-refractivity contribution in [2.45, 2.75) is 178 Å². The summed E-state index contributed by atoms with van der Waals surface area (Å²) in [6, 6.07) is 1.93. The molecule has 0 aromatic carbocycles. The second kappa shape index (κ2) is 16.0. The van der Waals surface area contributed by atoms with Gasteiger partial charge in [-0.3, -0.25) is 4.79 Å². The Labute approximate surface area is 312 Å². The minimum Gasteiger partial charge on any atom is -0.469 e. The number of hydrogen-bond donors (Lipinski definition) is 3. The molecular weight excluding hydrogens is 688 g/mol. The molecule has 2 saturated carbocycles. The number of ketones is 1. The fourth-order valence-corrected chi connectivity index (χ4v) is 10.3. The monoisotopic (exact) mass is 748 g/mol. The summed E-state index contributed by atoms with van der Waals surface area (Å²) in [5.74, 6) is 1.07. The maximum atomic E-state index is 13.8. The number of carbonyl (C=O) groups is 1. The molecule has 3 N–H and O–H groups in total. The molecule has 3 saturated heterocycles. The van der Waals surface area contributed by atoms with Crippen molar-refractivity contribution in [3.8, 4) is 0 Å². The van der Waals surface area contributed by atoms with Gasteiger partial charge in [0.25, 0.3) is 0 Å². The van der Waals surface area contributed by atoms with Crippen LogP contribution in [0.4, 0.5) is 0 Å². The molecule has 4 heterocycles. The lowest BCUT2D eigenvalue weighted by atomic mass is 9.51. The Balaban J connectivity index is 0.925. The lowest BCUT2D eigenvalue weighted by Gasteiger charge is -2.54. The van der Waals surface area contributed by atoms with Crippen LogP contribution in [0.25, 0.3) is 0 Å². The van der Waals surface area contributed by atoms with Gasteiger partial charge in [0.2, 0.25) is 0 Å². The Morgan fingerprint density at radius 3 is 2.09 bits per heavy atom. The molecule has 0 bridgehead atoms. The summed E-state index contributed by atoms with van der Waals surface area (Å²) in [5, 5.41) is 33.2. The quantitative estimate of drug-likeness (QED) is 0.310. The summed E-state index contributed by atoms with van der Waals surface area (Å²) < 4.78 is 54.3. The topological polar surface area (TPSA) is 165 Å². The van der Waals surface area contributed by atoms with Crippen LogP contribution in [0.3, 0.4) is 0 Å². The molecule has 0 spiro atoms. The highest BCUT2D eigenvalue weighted by Crippen LogP contribution is 2.58. The fourth-order valence-electron chi connectivity index (χ4n) is 10.3. The Bertz CT molecular complexity index is 1430. The third-order valence-electron chi connectivity index (χ3n) is 13.4. The van der Waals surface area contributed by atoms with Crippen molar-refractivity contribution in [1.82, 2.24) is 0 Å². The maximum Gasteiger partial charge on any atom is 0.161 e. The molecule has 18 atom stereocenters. The van der Waals surface area contributed by atoms with Crippen LogP contribution >= 0.6 is 0 Å². The first-order valence-corrected chi connectivity index (χ1v) is 19.6. The third kappa shape index (κ3) is 7.70. The van der Waals surface area contributed by atoms with Gasteiger partial charge in [0.15, 0.2) is 18.9 Å². The summed E-state index contributed by atoms with van der Waals surface area (Å²) in [7, 11) is 3.18. The van der Waals surface area contributed by atoms with Gasteiger partial charge in [0, 0.05) is 50.9 Å². The SMILES string of the molecule is CO[C@@H]1C[C@@H](O[C@H]2[C@H](C)O[C@H](O[C@H]3[C@@H](O)C[C@H](O[C@@H]4CC5=CC[C@H]6C(=O)[C@@H](c7ccoc7C)CC[C@@H]6[C@@]5(C)C[C@H]4O)O[C@@H]3C)C[C@H]2OC)O[C@H](C)[C@H]1O. The Hall–Kier alpha value is -1.75. The van der Waals surface area contributed by atoms with Crippen LogP contribution in [0.1, 0.15) is 96.3 Å². The molecule has 1 aromatic heterocycles. The van der Waals surface area contributed by atoms with E-state index >= 15 is 0 Å². The van der Waals surface area contributed by atoms with Crippen molar-refractivity contribution < 1.29 is 62.4 Å². The highest BCUT2D eigenvalue weighted by molar-refractivity contribution is 5.89. The van der Waals surface area contributed by atoms with Gasteiger partial charge < -0.3 is 57.6 Å².